The summed E-state index contributed by atoms with van der Waals surface area (Å²) in [5, 5.41) is 5.14. The van der Waals surface area contributed by atoms with Crippen LogP contribution >= 0.6 is 11.8 Å². The van der Waals surface area contributed by atoms with Crippen LogP contribution in [0.3, 0.4) is 0 Å². The quantitative estimate of drug-likeness (QED) is 0.860. The first kappa shape index (κ1) is 12.5. The maximum absolute atomic E-state index is 4.57. The lowest BCUT2D eigenvalue weighted by Crippen LogP contribution is -2.13. The number of aliphatic imine (C=N–C) groups is 1. The van der Waals surface area contributed by atoms with E-state index in [0.29, 0.717) is 11.2 Å². The van der Waals surface area contributed by atoms with Gasteiger partial charge < -0.3 is 5.32 Å². The summed E-state index contributed by atoms with van der Waals surface area (Å²) in [6, 6.07) is 6.35. The molecule has 1 aliphatic rings. The van der Waals surface area contributed by atoms with Crippen LogP contribution in [0.15, 0.2) is 23.2 Å². The van der Waals surface area contributed by atoms with E-state index in [9.17, 15) is 0 Å². The average Bonchev–Trinajstić information content (AvgIpc) is 2.73. The minimum atomic E-state index is 0.627. The lowest BCUT2D eigenvalue weighted by atomic mass is 10.1. The third-order valence-corrected chi connectivity index (χ3v) is 4.72. The molecule has 0 saturated heterocycles. The van der Waals surface area contributed by atoms with Gasteiger partial charge in [-0.25, -0.2) is 0 Å². The standard InChI is InChI=1S/C14H20N2S/c1-9(2)13-8-15-14(17-13)16-12-7-5-6-10(3)11(12)4/h5-7,9,13H,8H2,1-4H3,(H,15,16). The van der Waals surface area contributed by atoms with Gasteiger partial charge in [-0.3, -0.25) is 4.99 Å². The molecule has 0 aromatic heterocycles. The summed E-state index contributed by atoms with van der Waals surface area (Å²) in [6.45, 7) is 9.75. The molecule has 1 aromatic rings. The van der Waals surface area contributed by atoms with Gasteiger partial charge in [0.05, 0.1) is 6.54 Å². The van der Waals surface area contributed by atoms with E-state index in [1.807, 2.05) is 11.8 Å². The number of thioether (sulfide) groups is 1. The van der Waals surface area contributed by atoms with E-state index < -0.39 is 0 Å². The molecule has 0 spiro atoms. The van der Waals surface area contributed by atoms with Crippen molar-refractivity contribution in [2.45, 2.75) is 32.9 Å². The normalized spacial score (nSPS) is 19.6. The first-order valence-corrected chi connectivity index (χ1v) is 7.00. The van der Waals surface area contributed by atoms with Crippen LogP contribution < -0.4 is 5.32 Å². The number of aryl methyl sites for hydroxylation is 1. The Balaban J connectivity index is 2.06. The van der Waals surface area contributed by atoms with Crippen molar-refractivity contribution < 1.29 is 0 Å². The molecule has 17 heavy (non-hydrogen) atoms. The third-order valence-electron chi connectivity index (χ3n) is 3.27. The molecule has 1 N–H and O–H groups in total. The molecule has 1 unspecified atom stereocenters. The molecular weight excluding hydrogens is 228 g/mol. The summed E-state index contributed by atoms with van der Waals surface area (Å²) in [5.41, 5.74) is 3.81. The molecule has 0 amide bonds. The Labute approximate surface area is 108 Å². The van der Waals surface area contributed by atoms with Gasteiger partial charge in [0.15, 0.2) is 5.17 Å². The second kappa shape index (κ2) is 5.13. The molecule has 0 bridgehead atoms. The molecule has 0 aliphatic carbocycles. The second-order valence-electron chi connectivity index (χ2n) is 4.92. The monoisotopic (exact) mass is 248 g/mol. The zero-order valence-corrected chi connectivity index (χ0v) is 11.8. The largest absolute Gasteiger partial charge is 0.335 e. The predicted molar refractivity (Wildman–Crippen MR) is 78.1 cm³/mol. The van der Waals surface area contributed by atoms with Gasteiger partial charge in [-0.1, -0.05) is 37.7 Å². The van der Waals surface area contributed by atoms with E-state index in [4.69, 9.17) is 0 Å². The van der Waals surface area contributed by atoms with E-state index in [2.05, 4.69) is 56.2 Å². The SMILES string of the molecule is Cc1cccc(NC2=NCC(C(C)C)S2)c1C. The van der Waals surface area contributed by atoms with Gasteiger partial charge in [-0.15, -0.1) is 0 Å². The highest BCUT2D eigenvalue weighted by atomic mass is 32.2. The van der Waals surface area contributed by atoms with Crippen LogP contribution in [-0.2, 0) is 0 Å². The van der Waals surface area contributed by atoms with Crippen molar-refractivity contribution in [3.8, 4) is 0 Å². The molecular formula is C14H20N2S. The van der Waals surface area contributed by atoms with Crippen LogP contribution in [0.4, 0.5) is 5.69 Å². The number of nitrogens with one attached hydrogen (secondary N) is 1. The summed E-state index contributed by atoms with van der Waals surface area (Å²) in [7, 11) is 0. The fraction of sp³-hybridized carbons (Fsp3) is 0.500. The van der Waals surface area contributed by atoms with E-state index in [1.54, 1.807) is 0 Å². The Hall–Kier alpha value is -0.960. The van der Waals surface area contributed by atoms with Crippen molar-refractivity contribution >= 4 is 22.6 Å². The second-order valence-corrected chi connectivity index (χ2v) is 6.15. The summed E-state index contributed by atoms with van der Waals surface area (Å²) < 4.78 is 0. The van der Waals surface area contributed by atoms with Gasteiger partial charge in [0, 0.05) is 10.9 Å². The Morgan fingerprint density at radius 1 is 1.35 bits per heavy atom. The van der Waals surface area contributed by atoms with Crippen molar-refractivity contribution in [3.63, 3.8) is 0 Å². The molecule has 0 fully saturated rings. The van der Waals surface area contributed by atoms with Crippen LogP contribution in [0.5, 0.6) is 0 Å². The molecule has 3 heteroatoms. The summed E-state index contributed by atoms with van der Waals surface area (Å²) in [6.07, 6.45) is 0. The lowest BCUT2D eigenvalue weighted by Gasteiger charge is -2.13. The maximum Gasteiger partial charge on any atom is 0.161 e. The zero-order chi connectivity index (χ0) is 12.4. The summed E-state index contributed by atoms with van der Waals surface area (Å²) in [5.74, 6) is 0.682. The fourth-order valence-corrected chi connectivity index (χ4v) is 2.83. The van der Waals surface area contributed by atoms with Gasteiger partial charge in [-0.05, 0) is 37.0 Å². The topological polar surface area (TPSA) is 24.4 Å². The van der Waals surface area contributed by atoms with E-state index in [1.165, 1.54) is 16.8 Å². The number of benzene rings is 1. The van der Waals surface area contributed by atoms with Crippen LogP contribution in [0, 0.1) is 19.8 Å². The molecule has 0 saturated carbocycles. The van der Waals surface area contributed by atoms with Gasteiger partial charge in [-0.2, -0.15) is 0 Å². The van der Waals surface area contributed by atoms with Gasteiger partial charge >= 0.3 is 0 Å². The summed E-state index contributed by atoms with van der Waals surface area (Å²) in [4.78, 5) is 4.57. The highest BCUT2D eigenvalue weighted by Crippen LogP contribution is 2.29. The van der Waals surface area contributed by atoms with Crippen LogP contribution in [0.1, 0.15) is 25.0 Å². The Morgan fingerprint density at radius 3 is 2.76 bits per heavy atom. The lowest BCUT2D eigenvalue weighted by molar-refractivity contribution is 0.621. The number of anilines is 1. The van der Waals surface area contributed by atoms with Crippen LogP contribution in [-0.4, -0.2) is 17.0 Å². The van der Waals surface area contributed by atoms with E-state index >= 15 is 0 Å². The van der Waals surface area contributed by atoms with Gasteiger partial charge in [0.25, 0.3) is 0 Å². The minimum absolute atomic E-state index is 0.627. The van der Waals surface area contributed by atoms with Crippen molar-refractivity contribution in [1.82, 2.24) is 0 Å². The Morgan fingerprint density at radius 2 is 2.12 bits per heavy atom. The smallest absolute Gasteiger partial charge is 0.161 e. The Bertz CT molecular complexity index is 438. The number of hydrogen-bond donors (Lipinski definition) is 1. The molecule has 2 rings (SSSR count). The molecule has 1 heterocycles. The highest BCUT2D eigenvalue weighted by molar-refractivity contribution is 8.15. The highest BCUT2D eigenvalue weighted by Gasteiger charge is 2.22. The van der Waals surface area contributed by atoms with Crippen molar-refractivity contribution in [2.24, 2.45) is 10.9 Å². The van der Waals surface area contributed by atoms with E-state index in [-0.39, 0.29) is 0 Å². The van der Waals surface area contributed by atoms with E-state index in [0.717, 1.165) is 11.7 Å². The maximum atomic E-state index is 4.57. The fourth-order valence-electron chi connectivity index (χ4n) is 1.81. The van der Waals surface area contributed by atoms with Crippen LogP contribution in [0.25, 0.3) is 0 Å². The number of amidine groups is 1. The Kier molecular flexibility index (Phi) is 3.77. The van der Waals surface area contributed by atoms with Crippen LogP contribution in [0.2, 0.25) is 0 Å². The van der Waals surface area contributed by atoms with Crippen molar-refractivity contribution in [3.05, 3.63) is 29.3 Å². The van der Waals surface area contributed by atoms with Gasteiger partial charge in [0.2, 0.25) is 0 Å². The predicted octanol–water partition coefficient (Wildman–Crippen LogP) is 3.84. The molecule has 0 radical (unpaired) electrons. The first-order valence-electron chi connectivity index (χ1n) is 6.12. The van der Waals surface area contributed by atoms with Crippen molar-refractivity contribution in [2.75, 3.05) is 11.9 Å². The third kappa shape index (κ3) is 2.83. The molecule has 2 nitrogen and oxygen atoms in total. The molecule has 1 aromatic carbocycles. The number of nitrogens with zero attached hydrogens (tertiary/aromatic N) is 1. The molecule has 92 valence electrons. The number of hydrogen-bond acceptors (Lipinski definition) is 3. The molecule has 1 aliphatic heterocycles. The summed E-state index contributed by atoms with van der Waals surface area (Å²) >= 11 is 1.87. The van der Waals surface area contributed by atoms with Crippen molar-refractivity contribution in [1.29, 1.82) is 0 Å². The number of rotatable bonds is 2. The molecule has 1 atom stereocenters. The first-order chi connectivity index (χ1) is 8.08. The zero-order valence-electron chi connectivity index (χ0n) is 10.9. The van der Waals surface area contributed by atoms with Gasteiger partial charge in [0.1, 0.15) is 0 Å². The minimum Gasteiger partial charge on any atom is -0.335 e. The average molecular weight is 248 g/mol.